The molecule has 3 rings (SSSR count). The first-order valence-corrected chi connectivity index (χ1v) is 9.54. The summed E-state index contributed by atoms with van der Waals surface area (Å²) >= 11 is 2.87. The molecule has 0 saturated carbocycles. The summed E-state index contributed by atoms with van der Waals surface area (Å²) in [6.45, 7) is 0.448. The molecule has 0 unspecified atom stereocenters. The SMILES string of the molecule is COc1ccc(C(=O)N/N=C2/SCC(=O)N2Cc2cccs2)c(OC)c1. The van der Waals surface area contributed by atoms with Gasteiger partial charge in [0.05, 0.1) is 32.1 Å². The van der Waals surface area contributed by atoms with Crippen LogP contribution in [0.4, 0.5) is 0 Å². The van der Waals surface area contributed by atoms with Gasteiger partial charge in [0, 0.05) is 10.9 Å². The summed E-state index contributed by atoms with van der Waals surface area (Å²) in [5, 5.41) is 6.56. The molecule has 1 fully saturated rings. The van der Waals surface area contributed by atoms with Gasteiger partial charge in [-0.3, -0.25) is 14.5 Å². The average molecular weight is 391 g/mol. The minimum Gasteiger partial charge on any atom is -0.497 e. The fourth-order valence-corrected chi connectivity index (χ4v) is 3.87. The number of amides is 2. The number of carbonyl (C=O) groups is 2. The second-order valence-corrected chi connectivity index (χ2v) is 7.22. The lowest BCUT2D eigenvalue weighted by molar-refractivity contribution is -0.124. The van der Waals surface area contributed by atoms with Crippen LogP contribution in [0.2, 0.25) is 0 Å². The Kier molecular flexibility index (Phi) is 5.79. The number of rotatable bonds is 6. The Bertz CT molecular complexity index is 837. The highest BCUT2D eigenvalue weighted by Crippen LogP contribution is 2.25. The van der Waals surface area contributed by atoms with E-state index >= 15 is 0 Å². The molecule has 136 valence electrons. The Hall–Kier alpha value is -2.52. The maximum atomic E-state index is 12.4. The molecule has 1 aromatic carbocycles. The van der Waals surface area contributed by atoms with Crippen LogP contribution in [0.5, 0.6) is 11.5 Å². The van der Waals surface area contributed by atoms with Crippen LogP contribution >= 0.6 is 23.1 Å². The third-order valence-corrected chi connectivity index (χ3v) is 5.48. The maximum Gasteiger partial charge on any atom is 0.275 e. The Morgan fingerprint density at radius 3 is 2.85 bits per heavy atom. The number of thioether (sulfide) groups is 1. The van der Waals surface area contributed by atoms with Crippen LogP contribution in [0.1, 0.15) is 15.2 Å². The molecule has 0 radical (unpaired) electrons. The third kappa shape index (κ3) is 4.00. The molecule has 2 aromatic rings. The molecule has 0 bridgehead atoms. The van der Waals surface area contributed by atoms with Gasteiger partial charge in [0.15, 0.2) is 5.17 Å². The molecule has 26 heavy (non-hydrogen) atoms. The number of carbonyl (C=O) groups excluding carboxylic acids is 2. The number of thiophene rings is 1. The first-order chi connectivity index (χ1) is 12.6. The van der Waals surface area contributed by atoms with Gasteiger partial charge in [-0.2, -0.15) is 0 Å². The highest BCUT2D eigenvalue weighted by molar-refractivity contribution is 8.15. The van der Waals surface area contributed by atoms with Gasteiger partial charge in [0.2, 0.25) is 5.91 Å². The van der Waals surface area contributed by atoms with E-state index in [2.05, 4.69) is 10.5 Å². The number of amidine groups is 1. The van der Waals surface area contributed by atoms with Gasteiger partial charge >= 0.3 is 0 Å². The minimum atomic E-state index is -0.423. The predicted octanol–water partition coefficient (Wildman–Crippen LogP) is 2.54. The fraction of sp³-hybridized carbons (Fsp3) is 0.235. The first-order valence-electron chi connectivity index (χ1n) is 7.68. The van der Waals surface area contributed by atoms with Crippen LogP contribution in [0, 0.1) is 0 Å². The van der Waals surface area contributed by atoms with Crippen LogP contribution in [-0.2, 0) is 11.3 Å². The molecule has 1 aliphatic rings. The molecule has 7 nitrogen and oxygen atoms in total. The number of hydrogen-bond donors (Lipinski definition) is 1. The van der Waals surface area contributed by atoms with Gasteiger partial charge in [0.1, 0.15) is 11.5 Å². The van der Waals surface area contributed by atoms with Gasteiger partial charge in [-0.05, 0) is 23.6 Å². The van der Waals surface area contributed by atoms with Crippen molar-refractivity contribution in [3.63, 3.8) is 0 Å². The van der Waals surface area contributed by atoms with Crippen molar-refractivity contribution in [1.29, 1.82) is 0 Å². The Labute approximate surface area is 159 Å². The van der Waals surface area contributed by atoms with Gasteiger partial charge in [0.25, 0.3) is 5.91 Å². The number of nitrogens with one attached hydrogen (secondary N) is 1. The van der Waals surface area contributed by atoms with E-state index in [0.717, 1.165) is 4.88 Å². The van der Waals surface area contributed by atoms with Crippen LogP contribution in [0.25, 0.3) is 0 Å². The summed E-state index contributed by atoms with van der Waals surface area (Å²) in [4.78, 5) is 27.1. The molecular formula is C17H17N3O4S2. The van der Waals surface area contributed by atoms with Gasteiger partial charge in [-0.1, -0.05) is 17.8 Å². The molecule has 1 aromatic heterocycles. The summed E-state index contributed by atoms with van der Waals surface area (Å²) in [5.74, 6) is 0.828. The number of ether oxygens (including phenoxy) is 2. The molecule has 9 heteroatoms. The summed E-state index contributed by atoms with van der Waals surface area (Å²) in [7, 11) is 3.02. The lowest BCUT2D eigenvalue weighted by atomic mass is 10.2. The zero-order valence-electron chi connectivity index (χ0n) is 14.2. The zero-order chi connectivity index (χ0) is 18.5. The fourth-order valence-electron chi connectivity index (χ4n) is 2.34. The molecule has 0 spiro atoms. The van der Waals surface area contributed by atoms with E-state index < -0.39 is 5.91 Å². The van der Waals surface area contributed by atoms with Crippen molar-refractivity contribution in [3.05, 3.63) is 46.2 Å². The van der Waals surface area contributed by atoms with Gasteiger partial charge in [-0.15, -0.1) is 16.4 Å². The Morgan fingerprint density at radius 1 is 1.31 bits per heavy atom. The van der Waals surface area contributed by atoms with Crippen molar-refractivity contribution in [3.8, 4) is 11.5 Å². The van der Waals surface area contributed by atoms with E-state index in [1.807, 2.05) is 17.5 Å². The number of benzene rings is 1. The number of methoxy groups -OCH3 is 2. The van der Waals surface area contributed by atoms with Crippen molar-refractivity contribution in [1.82, 2.24) is 10.3 Å². The predicted molar refractivity (Wildman–Crippen MR) is 102 cm³/mol. The van der Waals surface area contributed by atoms with Crippen molar-refractivity contribution in [2.45, 2.75) is 6.54 Å². The number of nitrogens with zero attached hydrogens (tertiary/aromatic N) is 2. The van der Waals surface area contributed by atoms with Crippen LogP contribution < -0.4 is 14.9 Å². The molecule has 2 heterocycles. The highest BCUT2D eigenvalue weighted by atomic mass is 32.2. The Balaban J connectivity index is 1.73. The highest BCUT2D eigenvalue weighted by Gasteiger charge is 2.29. The molecule has 1 N–H and O–H groups in total. The molecule has 0 atom stereocenters. The second kappa shape index (κ2) is 8.24. The molecular weight excluding hydrogens is 374 g/mol. The smallest absolute Gasteiger partial charge is 0.275 e. The molecule has 1 saturated heterocycles. The minimum absolute atomic E-state index is 0.0292. The number of hydrogen-bond acceptors (Lipinski definition) is 7. The first kappa shape index (κ1) is 18.3. The van der Waals surface area contributed by atoms with Gasteiger partial charge in [-0.25, -0.2) is 5.43 Å². The molecule has 1 aliphatic heterocycles. The van der Waals surface area contributed by atoms with Crippen molar-refractivity contribution in [2.24, 2.45) is 5.10 Å². The normalized spacial score (nSPS) is 15.4. The quantitative estimate of drug-likeness (QED) is 0.766. The average Bonchev–Trinajstić information content (AvgIpc) is 3.30. The molecule has 2 amide bonds. The standard InChI is InChI=1S/C17H17N3O4S2/c1-23-11-5-6-13(14(8-11)24-2)16(22)18-19-17-20(15(21)10-26-17)9-12-4-3-7-25-12/h3-8H,9-10H2,1-2H3,(H,18,22)/b19-17+. The topological polar surface area (TPSA) is 80.2 Å². The van der Waals surface area contributed by atoms with E-state index in [-0.39, 0.29) is 5.91 Å². The van der Waals surface area contributed by atoms with Crippen molar-refractivity contribution < 1.29 is 19.1 Å². The molecule has 0 aliphatic carbocycles. The lowest BCUT2D eigenvalue weighted by Crippen LogP contribution is -2.31. The lowest BCUT2D eigenvalue weighted by Gasteiger charge is -2.15. The summed E-state index contributed by atoms with van der Waals surface area (Å²) in [5.41, 5.74) is 2.83. The zero-order valence-corrected chi connectivity index (χ0v) is 15.9. The van der Waals surface area contributed by atoms with Crippen LogP contribution in [-0.4, -0.2) is 41.9 Å². The number of hydrazone groups is 1. The van der Waals surface area contributed by atoms with E-state index in [9.17, 15) is 9.59 Å². The largest absolute Gasteiger partial charge is 0.497 e. The third-order valence-electron chi connectivity index (χ3n) is 3.66. The van der Waals surface area contributed by atoms with Crippen LogP contribution in [0.3, 0.4) is 0 Å². The van der Waals surface area contributed by atoms with E-state index in [1.54, 1.807) is 34.4 Å². The van der Waals surface area contributed by atoms with E-state index in [1.165, 1.54) is 26.0 Å². The van der Waals surface area contributed by atoms with E-state index in [0.29, 0.717) is 34.5 Å². The van der Waals surface area contributed by atoms with Crippen molar-refractivity contribution in [2.75, 3.05) is 20.0 Å². The second-order valence-electron chi connectivity index (χ2n) is 5.25. The maximum absolute atomic E-state index is 12.4. The van der Waals surface area contributed by atoms with E-state index in [4.69, 9.17) is 9.47 Å². The van der Waals surface area contributed by atoms with Gasteiger partial charge < -0.3 is 9.47 Å². The summed E-state index contributed by atoms with van der Waals surface area (Å²) < 4.78 is 10.4. The summed E-state index contributed by atoms with van der Waals surface area (Å²) in [6.07, 6.45) is 0. The van der Waals surface area contributed by atoms with Crippen LogP contribution in [0.15, 0.2) is 40.8 Å². The monoisotopic (exact) mass is 391 g/mol. The Morgan fingerprint density at radius 2 is 2.15 bits per heavy atom. The summed E-state index contributed by atoms with van der Waals surface area (Å²) in [6, 6.07) is 8.78. The van der Waals surface area contributed by atoms with Crippen molar-refractivity contribution >= 4 is 40.1 Å².